The van der Waals surface area contributed by atoms with Crippen LogP contribution in [-0.4, -0.2) is 35.2 Å². The molecule has 2 fully saturated rings. The molecule has 0 atom stereocenters. The molecule has 0 aliphatic heterocycles. The van der Waals surface area contributed by atoms with E-state index in [1.807, 2.05) is 6.92 Å². The van der Waals surface area contributed by atoms with Gasteiger partial charge in [0.05, 0.1) is 6.42 Å². The maximum Gasteiger partial charge on any atom is 0.341 e. The number of carbonyl (C=O) groups excluding carboxylic acids is 2. The number of rotatable bonds is 6. The Morgan fingerprint density at radius 2 is 1.74 bits per heavy atom. The Balaban J connectivity index is 1.75. The van der Waals surface area contributed by atoms with Gasteiger partial charge in [0.2, 0.25) is 0 Å². The van der Waals surface area contributed by atoms with E-state index < -0.39 is 30.1 Å². The topological polar surface area (TPSA) is 89.9 Å². The first-order valence-corrected chi connectivity index (χ1v) is 8.02. The van der Waals surface area contributed by atoms with Crippen molar-refractivity contribution in [1.29, 1.82) is 0 Å². The van der Waals surface area contributed by atoms with Gasteiger partial charge in [-0.05, 0) is 38.0 Å². The van der Waals surface area contributed by atoms with E-state index in [2.05, 4.69) is 11.3 Å². The van der Waals surface area contributed by atoms with Gasteiger partial charge in [-0.2, -0.15) is 0 Å². The summed E-state index contributed by atoms with van der Waals surface area (Å²) in [7, 11) is 0. The highest BCUT2D eigenvalue weighted by molar-refractivity contribution is 5.94. The number of hydrogen-bond donors (Lipinski definition) is 1. The molecule has 2 saturated carbocycles. The van der Waals surface area contributed by atoms with Gasteiger partial charge >= 0.3 is 17.9 Å². The maximum absolute atomic E-state index is 12.0. The number of carboxylic acid groups (broad SMARTS) is 1. The van der Waals surface area contributed by atoms with Crippen LogP contribution >= 0.6 is 0 Å². The fourth-order valence-electron chi connectivity index (χ4n) is 4.05. The second-order valence-corrected chi connectivity index (χ2v) is 7.09. The maximum atomic E-state index is 12.0. The second kappa shape index (κ2) is 6.72. The second-order valence-electron chi connectivity index (χ2n) is 7.09. The van der Waals surface area contributed by atoms with Crippen molar-refractivity contribution in [2.45, 2.75) is 63.9 Å². The van der Waals surface area contributed by atoms with Crippen LogP contribution in [0.3, 0.4) is 0 Å². The largest absolute Gasteiger partial charge is 0.479 e. The Kier molecular flexibility index (Phi) is 5.12. The van der Waals surface area contributed by atoms with Crippen molar-refractivity contribution in [2.24, 2.45) is 5.41 Å². The van der Waals surface area contributed by atoms with Crippen LogP contribution in [0.25, 0.3) is 0 Å². The zero-order chi connectivity index (χ0) is 17.1. The summed E-state index contributed by atoms with van der Waals surface area (Å²) in [6.45, 7) is 4.65. The molecular weight excluding hydrogens is 300 g/mol. The third kappa shape index (κ3) is 4.56. The quantitative estimate of drug-likeness (QED) is 0.596. The summed E-state index contributed by atoms with van der Waals surface area (Å²) >= 11 is 0. The van der Waals surface area contributed by atoms with Crippen molar-refractivity contribution in [3.63, 3.8) is 0 Å². The first-order chi connectivity index (χ1) is 10.7. The fourth-order valence-corrected chi connectivity index (χ4v) is 4.05. The summed E-state index contributed by atoms with van der Waals surface area (Å²) in [6.07, 6.45) is 7.66. The van der Waals surface area contributed by atoms with Crippen molar-refractivity contribution >= 4 is 17.9 Å². The van der Waals surface area contributed by atoms with Gasteiger partial charge in [0.15, 0.2) is 6.61 Å². The zero-order valence-corrected chi connectivity index (χ0v) is 13.6. The molecule has 6 heteroatoms. The Hall–Kier alpha value is -1.85. The first kappa shape index (κ1) is 17.5. The van der Waals surface area contributed by atoms with Gasteiger partial charge in [0.25, 0.3) is 0 Å². The summed E-state index contributed by atoms with van der Waals surface area (Å²) in [5.74, 6) is -2.66. The van der Waals surface area contributed by atoms with E-state index in [-0.39, 0.29) is 12.0 Å². The van der Waals surface area contributed by atoms with E-state index in [4.69, 9.17) is 9.84 Å². The lowest BCUT2D eigenvalue weighted by atomic mass is 9.54. The Morgan fingerprint density at radius 3 is 2.30 bits per heavy atom. The van der Waals surface area contributed by atoms with Crippen LogP contribution in [0.2, 0.25) is 0 Å². The molecule has 0 bridgehead atoms. The molecule has 0 radical (unpaired) electrons. The van der Waals surface area contributed by atoms with Crippen LogP contribution in [0, 0.1) is 5.41 Å². The van der Waals surface area contributed by atoms with Crippen molar-refractivity contribution in [2.75, 3.05) is 6.61 Å². The molecule has 0 unspecified atom stereocenters. The lowest BCUT2D eigenvalue weighted by molar-refractivity contribution is -0.189. The average Bonchev–Trinajstić information content (AvgIpc) is 2.43. The number of carbonyl (C=O) groups is 3. The van der Waals surface area contributed by atoms with Gasteiger partial charge in [-0.15, -0.1) is 0 Å². The van der Waals surface area contributed by atoms with Crippen molar-refractivity contribution < 1.29 is 29.0 Å². The lowest BCUT2D eigenvalue weighted by Gasteiger charge is -2.55. The Labute approximate surface area is 135 Å². The van der Waals surface area contributed by atoms with Crippen LogP contribution in [0.15, 0.2) is 12.2 Å². The molecule has 0 amide bonds. The molecule has 0 aromatic carbocycles. The molecule has 2 aliphatic carbocycles. The van der Waals surface area contributed by atoms with E-state index in [9.17, 15) is 14.4 Å². The minimum Gasteiger partial charge on any atom is -0.479 e. The molecule has 1 N–H and O–H groups in total. The zero-order valence-electron chi connectivity index (χ0n) is 13.6. The molecular formula is C17H24O6. The van der Waals surface area contributed by atoms with E-state index in [0.29, 0.717) is 5.41 Å². The standard InChI is InChI=1S/C17H24O6/c1-12(15(21)22-9-13(18)19)8-14(20)23-16(2)10-17(11-16)6-4-3-5-7-17/h1,3-11H2,2H3,(H,18,19). The summed E-state index contributed by atoms with van der Waals surface area (Å²) in [6, 6.07) is 0. The fraction of sp³-hybridized carbons (Fsp3) is 0.706. The molecule has 0 aromatic rings. The molecule has 23 heavy (non-hydrogen) atoms. The summed E-state index contributed by atoms with van der Waals surface area (Å²) in [5, 5.41) is 8.44. The Bertz CT molecular complexity index is 507. The molecule has 1 spiro atoms. The number of carboxylic acids is 1. The van der Waals surface area contributed by atoms with Crippen molar-refractivity contribution in [3.05, 3.63) is 12.2 Å². The van der Waals surface area contributed by atoms with E-state index in [1.54, 1.807) is 0 Å². The SMILES string of the molecule is C=C(CC(=O)OC1(C)CC2(CCCCC2)C1)C(=O)OCC(=O)O. The van der Waals surface area contributed by atoms with Crippen molar-refractivity contribution in [1.82, 2.24) is 0 Å². The summed E-state index contributed by atoms with van der Waals surface area (Å²) in [5.41, 5.74) is -0.212. The highest BCUT2D eigenvalue weighted by atomic mass is 16.6. The van der Waals surface area contributed by atoms with Crippen molar-refractivity contribution in [3.8, 4) is 0 Å². The van der Waals surface area contributed by atoms with E-state index >= 15 is 0 Å². The molecule has 0 heterocycles. The third-order valence-electron chi connectivity index (χ3n) is 4.75. The normalized spacial score (nSPS) is 21.1. The first-order valence-electron chi connectivity index (χ1n) is 8.02. The predicted molar refractivity (Wildman–Crippen MR) is 81.6 cm³/mol. The van der Waals surface area contributed by atoms with E-state index in [1.165, 1.54) is 32.1 Å². The van der Waals surface area contributed by atoms with Crippen LogP contribution < -0.4 is 0 Å². The highest BCUT2D eigenvalue weighted by Crippen LogP contribution is 2.58. The average molecular weight is 324 g/mol. The van der Waals surface area contributed by atoms with Gasteiger partial charge < -0.3 is 14.6 Å². The van der Waals surface area contributed by atoms with Gasteiger partial charge in [0.1, 0.15) is 5.60 Å². The number of aliphatic carboxylic acids is 1. The van der Waals surface area contributed by atoms with Gasteiger partial charge in [-0.3, -0.25) is 4.79 Å². The minimum atomic E-state index is -1.26. The summed E-state index contributed by atoms with van der Waals surface area (Å²) < 4.78 is 10.0. The Morgan fingerprint density at radius 1 is 1.13 bits per heavy atom. The molecule has 0 aromatic heterocycles. The summed E-state index contributed by atoms with van der Waals surface area (Å²) in [4.78, 5) is 33.8. The van der Waals surface area contributed by atoms with Gasteiger partial charge in [-0.1, -0.05) is 25.8 Å². The molecule has 6 nitrogen and oxygen atoms in total. The monoisotopic (exact) mass is 324 g/mol. The molecule has 0 saturated heterocycles. The smallest absolute Gasteiger partial charge is 0.341 e. The van der Waals surface area contributed by atoms with Gasteiger partial charge in [0, 0.05) is 5.57 Å². The van der Waals surface area contributed by atoms with Crippen LogP contribution in [0.1, 0.15) is 58.3 Å². The lowest BCUT2D eigenvalue weighted by Crippen LogP contribution is -2.53. The number of ether oxygens (including phenoxy) is 2. The highest BCUT2D eigenvalue weighted by Gasteiger charge is 2.54. The molecule has 2 rings (SSSR count). The third-order valence-corrected chi connectivity index (χ3v) is 4.75. The minimum absolute atomic E-state index is 0.0912. The predicted octanol–water partition coefficient (Wildman–Crippen LogP) is 2.61. The van der Waals surface area contributed by atoms with Crippen LogP contribution in [0.4, 0.5) is 0 Å². The van der Waals surface area contributed by atoms with Crippen LogP contribution in [-0.2, 0) is 23.9 Å². The number of esters is 2. The molecule has 128 valence electrons. The van der Waals surface area contributed by atoms with Gasteiger partial charge in [-0.25, -0.2) is 9.59 Å². The number of hydrogen-bond acceptors (Lipinski definition) is 5. The van der Waals surface area contributed by atoms with Crippen LogP contribution in [0.5, 0.6) is 0 Å². The molecule has 2 aliphatic rings. The van der Waals surface area contributed by atoms with E-state index in [0.717, 1.165) is 12.8 Å².